The SMILES string of the molecule is Cc1cccc(C)c1-c1ccnc(-c2[c-]cc3c(c2)C(C)(C)C(C)(C)C3(C)C)c1.[Ir]. The smallest absolute Gasteiger partial charge is 0.0166 e. The van der Waals surface area contributed by atoms with Gasteiger partial charge >= 0.3 is 0 Å². The second-order valence-electron chi connectivity index (χ2n) is 10.2. The molecule has 1 radical (unpaired) electrons. The quantitative estimate of drug-likeness (QED) is 0.290. The minimum Gasteiger partial charge on any atom is -0.305 e. The molecule has 30 heavy (non-hydrogen) atoms. The molecular weight excluding hydrogens is 543 g/mol. The third-order valence-electron chi connectivity index (χ3n) is 8.23. The third-order valence-corrected chi connectivity index (χ3v) is 8.23. The number of rotatable bonds is 2. The molecule has 1 aliphatic rings. The number of aromatic nitrogens is 1. The Labute approximate surface area is 195 Å². The summed E-state index contributed by atoms with van der Waals surface area (Å²) < 4.78 is 0. The van der Waals surface area contributed by atoms with Crippen LogP contribution < -0.4 is 0 Å². The maximum Gasteiger partial charge on any atom is 0.0166 e. The maximum atomic E-state index is 4.71. The third kappa shape index (κ3) is 3.12. The van der Waals surface area contributed by atoms with E-state index in [0.717, 1.165) is 11.3 Å². The number of pyridine rings is 1. The molecule has 0 bridgehead atoms. The van der Waals surface area contributed by atoms with Crippen molar-refractivity contribution in [2.75, 3.05) is 0 Å². The summed E-state index contributed by atoms with van der Waals surface area (Å²) in [6.07, 6.45) is 1.93. The van der Waals surface area contributed by atoms with Crippen LogP contribution in [-0.2, 0) is 30.9 Å². The van der Waals surface area contributed by atoms with Gasteiger partial charge in [-0.05, 0) is 64.1 Å². The van der Waals surface area contributed by atoms with Crippen LogP contribution in [0.15, 0.2) is 48.7 Å². The average molecular weight is 575 g/mol. The summed E-state index contributed by atoms with van der Waals surface area (Å²) in [4.78, 5) is 4.71. The Morgan fingerprint density at radius 1 is 0.800 bits per heavy atom. The number of hydrogen-bond acceptors (Lipinski definition) is 1. The van der Waals surface area contributed by atoms with Crippen molar-refractivity contribution in [3.05, 3.63) is 77.0 Å². The van der Waals surface area contributed by atoms with Crippen molar-refractivity contribution in [2.24, 2.45) is 5.41 Å². The van der Waals surface area contributed by atoms with Crippen LogP contribution in [0.2, 0.25) is 0 Å². The van der Waals surface area contributed by atoms with E-state index in [1.165, 1.54) is 33.4 Å². The Morgan fingerprint density at radius 2 is 1.40 bits per heavy atom. The monoisotopic (exact) mass is 575 g/mol. The molecule has 0 atom stereocenters. The molecule has 0 fully saturated rings. The average Bonchev–Trinajstić information content (AvgIpc) is 2.77. The molecule has 0 amide bonds. The molecule has 0 aliphatic heterocycles. The van der Waals surface area contributed by atoms with E-state index in [0.29, 0.717) is 0 Å². The molecule has 3 aromatic rings. The van der Waals surface area contributed by atoms with Gasteiger partial charge in [-0.1, -0.05) is 65.8 Å². The first-order valence-electron chi connectivity index (χ1n) is 10.6. The fourth-order valence-electron chi connectivity index (χ4n) is 5.13. The van der Waals surface area contributed by atoms with Gasteiger partial charge in [-0.2, -0.15) is 0 Å². The molecule has 0 saturated carbocycles. The van der Waals surface area contributed by atoms with Crippen LogP contribution in [0.25, 0.3) is 22.4 Å². The summed E-state index contributed by atoms with van der Waals surface area (Å²) in [7, 11) is 0. The summed E-state index contributed by atoms with van der Waals surface area (Å²) in [6, 6.07) is 18.9. The van der Waals surface area contributed by atoms with Gasteiger partial charge in [0.15, 0.2) is 0 Å². The summed E-state index contributed by atoms with van der Waals surface area (Å²) >= 11 is 0. The predicted molar refractivity (Wildman–Crippen MR) is 123 cm³/mol. The van der Waals surface area contributed by atoms with Gasteiger partial charge in [-0.15, -0.1) is 34.9 Å². The molecule has 0 saturated heterocycles. The molecule has 2 aromatic carbocycles. The van der Waals surface area contributed by atoms with Crippen LogP contribution in [0.4, 0.5) is 0 Å². The largest absolute Gasteiger partial charge is 0.305 e. The summed E-state index contributed by atoms with van der Waals surface area (Å²) in [6.45, 7) is 18.6. The molecule has 1 aliphatic carbocycles. The van der Waals surface area contributed by atoms with Gasteiger partial charge in [-0.25, -0.2) is 0 Å². The standard InChI is InChI=1S/C28H32N.Ir/c1-18-10-9-11-19(2)25(18)21-14-15-29-24(17-21)20-12-13-22-23(16-20)27(5,6)28(7,8)26(22,3)4;/h9-11,13-17H,1-8H3;/q-1;. The van der Waals surface area contributed by atoms with Gasteiger partial charge in [0.25, 0.3) is 0 Å². The van der Waals surface area contributed by atoms with Crippen LogP contribution in [0.3, 0.4) is 0 Å². The Morgan fingerprint density at radius 3 is 2.03 bits per heavy atom. The Hall–Kier alpha value is -1.76. The zero-order chi connectivity index (χ0) is 21.2. The van der Waals surface area contributed by atoms with Crippen LogP contribution in [0.1, 0.15) is 63.8 Å². The fourth-order valence-corrected chi connectivity index (χ4v) is 5.13. The zero-order valence-corrected chi connectivity index (χ0v) is 21.8. The maximum absolute atomic E-state index is 4.71. The number of nitrogens with zero attached hydrogens (tertiary/aromatic N) is 1. The number of benzene rings is 2. The molecule has 0 unspecified atom stereocenters. The minimum absolute atomic E-state index is 0. The van der Waals surface area contributed by atoms with Crippen LogP contribution >= 0.6 is 0 Å². The second kappa shape index (κ2) is 7.43. The number of hydrogen-bond donors (Lipinski definition) is 0. The molecule has 4 rings (SSSR count). The van der Waals surface area contributed by atoms with E-state index >= 15 is 0 Å². The van der Waals surface area contributed by atoms with E-state index < -0.39 is 0 Å². The zero-order valence-electron chi connectivity index (χ0n) is 19.4. The van der Waals surface area contributed by atoms with E-state index in [-0.39, 0.29) is 36.4 Å². The number of fused-ring (bicyclic) bond motifs is 1. The van der Waals surface area contributed by atoms with Crippen molar-refractivity contribution < 1.29 is 20.1 Å². The molecule has 1 aromatic heterocycles. The molecular formula is C28H32IrN-. The summed E-state index contributed by atoms with van der Waals surface area (Å²) in [5, 5.41) is 0. The Kier molecular flexibility index (Phi) is 5.68. The van der Waals surface area contributed by atoms with Crippen LogP contribution in [-0.4, -0.2) is 4.98 Å². The van der Waals surface area contributed by atoms with Gasteiger partial charge in [-0.3, -0.25) is 0 Å². The van der Waals surface area contributed by atoms with Gasteiger partial charge in [0.2, 0.25) is 0 Å². The van der Waals surface area contributed by atoms with Gasteiger partial charge in [0, 0.05) is 26.3 Å². The molecule has 0 spiro atoms. The summed E-state index contributed by atoms with van der Waals surface area (Å²) in [5.41, 5.74) is 10.4. The van der Waals surface area contributed by atoms with Crippen molar-refractivity contribution in [1.82, 2.24) is 4.98 Å². The fraction of sp³-hybridized carbons (Fsp3) is 0.393. The first-order valence-corrected chi connectivity index (χ1v) is 10.6. The van der Waals surface area contributed by atoms with Gasteiger partial charge in [0.1, 0.15) is 0 Å². The van der Waals surface area contributed by atoms with E-state index in [2.05, 4.69) is 104 Å². The normalized spacial score (nSPS) is 17.9. The van der Waals surface area contributed by atoms with Crippen molar-refractivity contribution in [3.8, 4) is 22.4 Å². The van der Waals surface area contributed by atoms with Crippen molar-refractivity contribution in [3.63, 3.8) is 0 Å². The van der Waals surface area contributed by atoms with E-state index in [4.69, 9.17) is 4.98 Å². The van der Waals surface area contributed by atoms with Gasteiger partial charge in [0.05, 0.1) is 0 Å². The van der Waals surface area contributed by atoms with Crippen LogP contribution in [0.5, 0.6) is 0 Å². The van der Waals surface area contributed by atoms with Crippen molar-refractivity contribution in [1.29, 1.82) is 0 Å². The second-order valence-corrected chi connectivity index (χ2v) is 10.2. The van der Waals surface area contributed by atoms with E-state index in [1.807, 2.05) is 6.20 Å². The van der Waals surface area contributed by atoms with Crippen LogP contribution in [0, 0.1) is 25.3 Å². The topological polar surface area (TPSA) is 12.9 Å². The molecule has 0 N–H and O–H groups in total. The van der Waals surface area contributed by atoms with E-state index in [9.17, 15) is 0 Å². The predicted octanol–water partition coefficient (Wildman–Crippen LogP) is 7.43. The van der Waals surface area contributed by atoms with E-state index in [1.54, 1.807) is 0 Å². The number of aryl methyl sites for hydroxylation is 2. The molecule has 2 heteroatoms. The Bertz CT molecular complexity index is 1090. The van der Waals surface area contributed by atoms with Gasteiger partial charge < -0.3 is 4.98 Å². The van der Waals surface area contributed by atoms with Crippen molar-refractivity contribution in [2.45, 2.75) is 66.2 Å². The summed E-state index contributed by atoms with van der Waals surface area (Å²) in [5.74, 6) is 0. The van der Waals surface area contributed by atoms with Crippen molar-refractivity contribution >= 4 is 0 Å². The molecule has 1 heterocycles. The first-order chi connectivity index (χ1) is 13.5. The Balaban J connectivity index is 0.00000256. The molecule has 1 nitrogen and oxygen atoms in total. The molecule has 159 valence electrons. The first kappa shape index (κ1) is 22.9. The minimum atomic E-state index is 0.